The highest BCUT2D eigenvalue weighted by Gasteiger charge is 1.96. The van der Waals surface area contributed by atoms with Crippen LogP contribution in [0.25, 0.3) is 0 Å². The lowest BCUT2D eigenvalue weighted by Gasteiger charge is -2.00. The third-order valence-corrected chi connectivity index (χ3v) is 1.66. The van der Waals surface area contributed by atoms with E-state index in [1.54, 1.807) is 0 Å². The summed E-state index contributed by atoms with van der Waals surface area (Å²) >= 11 is 0. The summed E-state index contributed by atoms with van der Waals surface area (Å²) in [6.45, 7) is 2.57. The minimum Gasteiger partial charge on any atom is -0.448 e. The minimum absolute atomic E-state index is 0.237. The van der Waals surface area contributed by atoms with Gasteiger partial charge in [-0.25, -0.2) is 4.79 Å². The van der Waals surface area contributed by atoms with Crippen LogP contribution in [0.4, 0.5) is 4.79 Å². The Morgan fingerprint density at radius 2 is 2.07 bits per heavy atom. The van der Waals surface area contributed by atoms with Crippen LogP contribution in [0.15, 0.2) is 4.99 Å². The van der Waals surface area contributed by atoms with Crippen molar-refractivity contribution in [2.75, 3.05) is 13.2 Å². The molecule has 0 aromatic heterocycles. The molecule has 0 saturated heterocycles. The monoisotopic (exact) mass is 201 g/mol. The summed E-state index contributed by atoms with van der Waals surface area (Å²) in [5, 5.41) is 8.50. The summed E-state index contributed by atoms with van der Waals surface area (Å²) in [4.78, 5) is 14.4. The molecular formula is C10H19NO3. The Morgan fingerprint density at radius 3 is 2.71 bits per heavy atom. The topological polar surface area (TPSA) is 58.9 Å². The van der Waals surface area contributed by atoms with Crippen LogP contribution in [0.3, 0.4) is 0 Å². The number of aliphatic hydroxyl groups excluding tert-OH is 1. The zero-order valence-corrected chi connectivity index (χ0v) is 8.74. The highest BCUT2D eigenvalue weighted by Crippen LogP contribution is 1.99. The molecule has 1 N–H and O–H groups in total. The lowest BCUT2D eigenvalue weighted by Crippen LogP contribution is -2.01. The van der Waals surface area contributed by atoms with Gasteiger partial charge < -0.3 is 9.84 Å². The molecule has 0 aliphatic heterocycles. The van der Waals surface area contributed by atoms with Crippen molar-refractivity contribution in [1.29, 1.82) is 0 Å². The lowest BCUT2D eigenvalue weighted by atomic mass is 10.2. The van der Waals surface area contributed by atoms with Crippen LogP contribution in [-0.2, 0) is 4.74 Å². The van der Waals surface area contributed by atoms with Gasteiger partial charge in [-0.2, -0.15) is 4.99 Å². The number of ether oxygens (including phenoxy) is 1. The van der Waals surface area contributed by atoms with Gasteiger partial charge in [-0.1, -0.05) is 13.3 Å². The quantitative estimate of drug-likeness (QED) is 0.507. The summed E-state index contributed by atoms with van der Waals surface area (Å²) in [5.74, 6) is 0. The predicted octanol–water partition coefficient (Wildman–Crippen LogP) is 2.16. The van der Waals surface area contributed by atoms with Crippen molar-refractivity contribution in [2.45, 2.75) is 39.0 Å². The van der Waals surface area contributed by atoms with Gasteiger partial charge in [0.2, 0.25) is 0 Å². The fourth-order valence-electron chi connectivity index (χ4n) is 0.930. The van der Waals surface area contributed by atoms with E-state index in [4.69, 9.17) is 9.84 Å². The summed E-state index contributed by atoms with van der Waals surface area (Å²) in [6, 6.07) is 0. The Labute approximate surface area is 85.0 Å². The van der Waals surface area contributed by atoms with Gasteiger partial charge in [-0.15, -0.1) is 0 Å². The molecule has 0 atom stereocenters. The van der Waals surface area contributed by atoms with Crippen molar-refractivity contribution in [2.24, 2.45) is 4.99 Å². The van der Waals surface area contributed by atoms with Gasteiger partial charge >= 0.3 is 6.09 Å². The van der Waals surface area contributed by atoms with E-state index in [0.29, 0.717) is 6.61 Å². The second kappa shape index (κ2) is 10.2. The molecule has 4 heteroatoms. The van der Waals surface area contributed by atoms with Gasteiger partial charge in [0.1, 0.15) is 0 Å². The van der Waals surface area contributed by atoms with E-state index in [0.717, 1.165) is 32.1 Å². The summed E-state index contributed by atoms with van der Waals surface area (Å²) in [5.41, 5.74) is 0. The van der Waals surface area contributed by atoms with Crippen LogP contribution < -0.4 is 0 Å². The van der Waals surface area contributed by atoms with Crippen molar-refractivity contribution in [3.8, 4) is 0 Å². The van der Waals surface area contributed by atoms with Crippen LogP contribution in [0.1, 0.15) is 39.0 Å². The highest BCUT2D eigenvalue weighted by atomic mass is 16.5. The molecule has 0 aromatic rings. The molecule has 14 heavy (non-hydrogen) atoms. The first-order valence-corrected chi connectivity index (χ1v) is 5.11. The van der Waals surface area contributed by atoms with Crippen LogP contribution >= 0.6 is 0 Å². The number of rotatable bonds is 7. The molecule has 0 saturated carbocycles. The molecule has 4 nitrogen and oxygen atoms in total. The normalized spacial score (nSPS) is 10.7. The van der Waals surface area contributed by atoms with E-state index in [-0.39, 0.29) is 6.61 Å². The smallest absolute Gasteiger partial charge is 0.433 e. The number of carbonyl (C=O) groups excluding carboxylic acids is 1. The Kier molecular flexibility index (Phi) is 9.53. The molecule has 0 unspecified atom stereocenters. The fraction of sp³-hybridized carbons (Fsp3) is 0.800. The molecule has 0 heterocycles. The molecule has 1 amide bonds. The Hall–Kier alpha value is -0.900. The highest BCUT2D eigenvalue weighted by molar-refractivity contribution is 5.78. The van der Waals surface area contributed by atoms with Crippen LogP contribution in [0.5, 0.6) is 0 Å². The van der Waals surface area contributed by atoms with Gasteiger partial charge in [0.25, 0.3) is 0 Å². The molecule has 0 aliphatic rings. The predicted molar refractivity (Wildman–Crippen MR) is 55.7 cm³/mol. The van der Waals surface area contributed by atoms with Crippen LogP contribution in [0.2, 0.25) is 0 Å². The molecule has 82 valence electrons. The molecular weight excluding hydrogens is 182 g/mol. The third kappa shape index (κ3) is 9.19. The molecule has 0 fully saturated rings. The number of hydrogen-bond donors (Lipinski definition) is 1. The molecule has 0 bridgehead atoms. The fourth-order valence-corrected chi connectivity index (χ4v) is 0.930. The van der Waals surface area contributed by atoms with E-state index >= 15 is 0 Å². The Morgan fingerprint density at radius 1 is 1.36 bits per heavy atom. The van der Waals surface area contributed by atoms with Gasteiger partial charge in [-0.3, -0.25) is 0 Å². The largest absolute Gasteiger partial charge is 0.448 e. The number of aliphatic hydroxyl groups is 1. The van der Waals surface area contributed by atoms with Crippen molar-refractivity contribution in [3.63, 3.8) is 0 Å². The number of carbonyl (C=O) groups is 1. The molecule has 0 radical (unpaired) electrons. The first-order valence-electron chi connectivity index (χ1n) is 5.11. The van der Waals surface area contributed by atoms with Crippen molar-refractivity contribution < 1.29 is 14.6 Å². The zero-order valence-electron chi connectivity index (χ0n) is 8.74. The maximum Gasteiger partial charge on any atom is 0.433 e. The van der Waals surface area contributed by atoms with Gasteiger partial charge in [0.05, 0.1) is 6.61 Å². The SMILES string of the molecule is CCC=NC(=O)OCCCCCCO. The van der Waals surface area contributed by atoms with E-state index < -0.39 is 6.09 Å². The van der Waals surface area contributed by atoms with Gasteiger partial charge in [0.15, 0.2) is 0 Å². The van der Waals surface area contributed by atoms with Crippen LogP contribution in [0, 0.1) is 0 Å². The minimum atomic E-state index is -0.506. The van der Waals surface area contributed by atoms with Gasteiger partial charge in [-0.05, 0) is 25.7 Å². The van der Waals surface area contributed by atoms with Crippen molar-refractivity contribution >= 4 is 12.3 Å². The second-order valence-electron chi connectivity index (χ2n) is 2.97. The first-order chi connectivity index (χ1) is 6.81. The standard InChI is InChI=1S/C10H19NO3/c1-2-7-11-10(13)14-9-6-4-3-5-8-12/h7,12H,2-6,8-9H2,1H3. The maximum atomic E-state index is 10.8. The second-order valence-corrected chi connectivity index (χ2v) is 2.97. The van der Waals surface area contributed by atoms with Crippen molar-refractivity contribution in [3.05, 3.63) is 0 Å². The molecule has 0 rings (SSSR count). The first kappa shape index (κ1) is 13.1. The zero-order chi connectivity index (χ0) is 10.6. The molecule has 0 spiro atoms. The van der Waals surface area contributed by atoms with Gasteiger partial charge in [0, 0.05) is 12.8 Å². The summed E-state index contributed by atoms with van der Waals surface area (Å²) in [6.07, 6.45) is 5.39. The Balaban J connectivity index is 3.19. The molecule has 0 aromatic carbocycles. The van der Waals surface area contributed by atoms with E-state index in [1.165, 1.54) is 6.21 Å². The lowest BCUT2D eigenvalue weighted by molar-refractivity contribution is 0.154. The van der Waals surface area contributed by atoms with E-state index in [1.807, 2.05) is 6.92 Å². The maximum absolute atomic E-state index is 10.8. The number of unbranched alkanes of at least 4 members (excludes halogenated alkanes) is 3. The average molecular weight is 201 g/mol. The average Bonchev–Trinajstić information content (AvgIpc) is 2.20. The number of amides is 1. The third-order valence-electron chi connectivity index (χ3n) is 1.66. The number of aliphatic imine (C=N–C) groups is 1. The summed E-state index contributed by atoms with van der Waals surface area (Å²) in [7, 11) is 0. The number of nitrogens with zero attached hydrogens (tertiary/aromatic N) is 1. The van der Waals surface area contributed by atoms with E-state index in [2.05, 4.69) is 4.99 Å². The number of hydrogen-bond acceptors (Lipinski definition) is 3. The van der Waals surface area contributed by atoms with Crippen molar-refractivity contribution in [1.82, 2.24) is 0 Å². The molecule has 0 aliphatic carbocycles. The van der Waals surface area contributed by atoms with E-state index in [9.17, 15) is 4.79 Å². The van der Waals surface area contributed by atoms with Crippen LogP contribution in [-0.4, -0.2) is 30.6 Å². The summed E-state index contributed by atoms with van der Waals surface area (Å²) < 4.78 is 4.82. The Bertz CT molecular complexity index is 169.